The second-order valence-electron chi connectivity index (χ2n) is 4.72. The van der Waals surface area contributed by atoms with E-state index in [0.717, 1.165) is 16.2 Å². The van der Waals surface area contributed by atoms with Crippen molar-refractivity contribution in [3.05, 3.63) is 11.1 Å². The number of likely N-dealkylation sites (tertiary alicyclic amines) is 1. The summed E-state index contributed by atoms with van der Waals surface area (Å²) in [6.07, 6.45) is 0. The van der Waals surface area contributed by atoms with Crippen LogP contribution in [-0.4, -0.2) is 70.8 Å². The van der Waals surface area contributed by atoms with Crippen LogP contribution < -0.4 is 16.4 Å². The highest BCUT2D eigenvalue weighted by Crippen LogP contribution is 2.14. The highest BCUT2D eigenvalue weighted by atomic mass is 32.1. The Hall–Kier alpha value is -3.22. The topological polar surface area (TPSA) is 176 Å². The smallest absolute Gasteiger partial charge is 0.324 e. The molecule has 1 aliphatic rings. The molecule has 134 valence electrons. The van der Waals surface area contributed by atoms with Gasteiger partial charge in [0.2, 0.25) is 0 Å². The molecule has 0 bridgehead atoms. The second-order valence-corrected chi connectivity index (χ2v) is 5.61. The number of aromatic nitrogens is 1. The van der Waals surface area contributed by atoms with Crippen molar-refractivity contribution in [1.82, 2.24) is 20.5 Å². The molecule has 0 unspecified atom stereocenters. The summed E-state index contributed by atoms with van der Waals surface area (Å²) in [4.78, 5) is 55.4. The molecule has 1 fully saturated rings. The van der Waals surface area contributed by atoms with Crippen LogP contribution in [0.1, 0.15) is 5.69 Å². The van der Waals surface area contributed by atoms with Gasteiger partial charge in [-0.15, -0.1) is 11.3 Å². The van der Waals surface area contributed by atoms with E-state index in [-0.39, 0.29) is 23.1 Å². The third-order valence-electron chi connectivity index (χ3n) is 3.03. The van der Waals surface area contributed by atoms with Crippen LogP contribution in [0.3, 0.4) is 0 Å². The van der Waals surface area contributed by atoms with E-state index in [1.54, 1.807) is 0 Å². The van der Waals surface area contributed by atoms with Gasteiger partial charge in [0.05, 0.1) is 6.54 Å². The van der Waals surface area contributed by atoms with Crippen LogP contribution >= 0.6 is 11.3 Å². The number of thiazole rings is 1. The third kappa shape index (κ3) is 4.20. The van der Waals surface area contributed by atoms with Gasteiger partial charge >= 0.3 is 12.0 Å². The highest BCUT2D eigenvalue weighted by Gasteiger charge is 2.42. The lowest BCUT2D eigenvalue weighted by Gasteiger charge is -2.36. The van der Waals surface area contributed by atoms with Crippen molar-refractivity contribution >= 4 is 46.0 Å². The van der Waals surface area contributed by atoms with Crippen LogP contribution in [0.25, 0.3) is 0 Å². The van der Waals surface area contributed by atoms with E-state index in [0.29, 0.717) is 0 Å². The summed E-state index contributed by atoms with van der Waals surface area (Å²) < 4.78 is 0. The fraction of sp³-hybridized carbons (Fsp3) is 0.333. The number of oxime groups is 1. The quantitative estimate of drug-likeness (QED) is 0.257. The predicted molar refractivity (Wildman–Crippen MR) is 84.8 cm³/mol. The van der Waals surface area contributed by atoms with Crippen molar-refractivity contribution in [2.45, 2.75) is 6.04 Å². The number of nitrogens with two attached hydrogens (primary N) is 1. The molecule has 4 amide bonds. The SMILES string of the molecule is CON=C(C(=O)N[C@H]1CN(C(=O)NCC(=O)O)C1=O)c1csc(N)n1. The zero-order valence-corrected chi connectivity index (χ0v) is 13.7. The summed E-state index contributed by atoms with van der Waals surface area (Å²) in [5, 5.41) is 18.2. The maximum Gasteiger partial charge on any atom is 0.324 e. The van der Waals surface area contributed by atoms with Crippen LogP contribution in [0, 0.1) is 0 Å². The minimum absolute atomic E-state index is 0.102. The zero-order valence-electron chi connectivity index (χ0n) is 12.9. The standard InChI is InChI=1S/C12H14N6O6S/c1-24-17-8(6-4-25-11(13)16-6)9(21)15-5-3-18(10(5)22)12(23)14-2-7(19)20/h4-5H,2-3H2,1H3,(H2,13,16)(H,14,23)(H,15,21)(H,19,20)/t5-/m0/s1. The van der Waals surface area contributed by atoms with E-state index >= 15 is 0 Å². The number of nitrogens with zero attached hydrogens (tertiary/aromatic N) is 3. The van der Waals surface area contributed by atoms with Crippen molar-refractivity contribution in [1.29, 1.82) is 0 Å². The normalized spacial score (nSPS) is 16.8. The lowest BCUT2D eigenvalue weighted by molar-refractivity contribution is -0.142. The Morgan fingerprint density at radius 3 is 2.80 bits per heavy atom. The first-order chi connectivity index (χ1) is 11.8. The summed E-state index contributed by atoms with van der Waals surface area (Å²) in [5.41, 5.74) is 5.52. The molecule has 0 aliphatic carbocycles. The number of hydrogen-bond donors (Lipinski definition) is 4. The average Bonchev–Trinajstić information content (AvgIpc) is 2.99. The molecule has 0 radical (unpaired) electrons. The maximum absolute atomic E-state index is 12.2. The van der Waals surface area contributed by atoms with Crippen molar-refractivity contribution in [2.24, 2.45) is 5.16 Å². The molecule has 2 heterocycles. The Kier molecular flexibility index (Phi) is 5.49. The molecule has 12 nitrogen and oxygen atoms in total. The molecule has 1 atom stereocenters. The van der Waals surface area contributed by atoms with Crippen molar-refractivity contribution in [3.63, 3.8) is 0 Å². The number of carboxylic acids is 1. The largest absolute Gasteiger partial charge is 0.480 e. The van der Waals surface area contributed by atoms with Gasteiger partial charge in [-0.3, -0.25) is 19.3 Å². The zero-order chi connectivity index (χ0) is 18.6. The van der Waals surface area contributed by atoms with E-state index in [9.17, 15) is 19.2 Å². The summed E-state index contributed by atoms with van der Waals surface area (Å²) in [6, 6.07) is -1.79. The van der Waals surface area contributed by atoms with E-state index in [4.69, 9.17) is 10.8 Å². The molecule has 0 saturated carbocycles. The first-order valence-electron chi connectivity index (χ1n) is 6.78. The number of rotatable bonds is 6. The minimum atomic E-state index is -1.24. The molecule has 0 spiro atoms. The van der Waals surface area contributed by atoms with Gasteiger partial charge in [-0.2, -0.15) is 0 Å². The molecule has 2 rings (SSSR count). The number of aliphatic carboxylic acids is 1. The number of carbonyl (C=O) groups is 4. The number of nitrogen functional groups attached to an aromatic ring is 1. The predicted octanol–water partition coefficient (Wildman–Crippen LogP) is -1.80. The summed E-state index contributed by atoms with van der Waals surface area (Å²) in [5.74, 6) is -2.64. The number of carbonyl (C=O) groups excluding carboxylic acids is 3. The summed E-state index contributed by atoms with van der Waals surface area (Å²) >= 11 is 1.10. The van der Waals surface area contributed by atoms with Gasteiger partial charge in [0, 0.05) is 5.38 Å². The van der Waals surface area contributed by atoms with Gasteiger partial charge < -0.3 is 26.3 Å². The number of anilines is 1. The number of urea groups is 1. The molecule has 5 N–H and O–H groups in total. The van der Waals surface area contributed by atoms with Crippen LogP contribution in [0.2, 0.25) is 0 Å². The number of β-lactam (4-membered cyclic amide) rings is 1. The summed E-state index contributed by atoms with van der Waals surface area (Å²) in [6.45, 7) is -0.717. The molecule has 13 heteroatoms. The second kappa shape index (κ2) is 7.57. The first-order valence-corrected chi connectivity index (χ1v) is 7.65. The van der Waals surface area contributed by atoms with Crippen LogP contribution in [-0.2, 0) is 19.2 Å². The van der Waals surface area contributed by atoms with Gasteiger partial charge in [-0.1, -0.05) is 5.16 Å². The molecule has 25 heavy (non-hydrogen) atoms. The van der Waals surface area contributed by atoms with Gasteiger partial charge in [0.15, 0.2) is 10.8 Å². The molecule has 1 aromatic rings. The molecular weight excluding hydrogens is 356 g/mol. The van der Waals surface area contributed by atoms with Crippen LogP contribution in [0.4, 0.5) is 9.93 Å². The molecular formula is C12H14N6O6S. The number of carboxylic acid groups (broad SMARTS) is 1. The highest BCUT2D eigenvalue weighted by molar-refractivity contribution is 7.13. The van der Waals surface area contributed by atoms with Gasteiger partial charge in [0.25, 0.3) is 11.8 Å². The third-order valence-corrected chi connectivity index (χ3v) is 3.71. The van der Waals surface area contributed by atoms with Crippen molar-refractivity contribution in [3.8, 4) is 0 Å². The lowest BCUT2D eigenvalue weighted by atomic mass is 10.1. The molecule has 1 aromatic heterocycles. The van der Waals surface area contributed by atoms with Gasteiger partial charge in [-0.25, -0.2) is 9.78 Å². The van der Waals surface area contributed by atoms with E-state index in [1.807, 2.05) is 5.32 Å². The summed E-state index contributed by atoms with van der Waals surface area (Å²) in [7, 11) is 1.24. The Morgan fingerprint density at radius 2 is 2.28 bits per heavy atom. The van der Waals surface area contributed by atoms with Crippen LogP contribution in [0.5, 0.6) is 0 Å². The molecule has 0 aromatic carbocycles. The fourth-order valence-electron chi connectivity index (χ4n) is 1.88. The van der Waals surface area contributed by atoms with E-state index in [1.165, 1.54) is 12.5 Å². The number of hydrogen-bond acceptors (Lipinski definition) is 9. The maximum atomic E-state index is 12.2. The van der Waals surface area contributed by atoms with E-state index in [2.05, 4.69) is 20.3 Å². The lowest BCUT2D eigenvalue weighted by Crippen LogP contribution is -2.67. The average molecular weight is 370 g/mol. The molecule has 1 saturated heterocycles. The van der Waals surface area contributed by atoms with Crippen molar-refractivity contribution < 1.29 is 29.1 Å². The van der Waals surface area contributed by atoms with Crippen molar-refractivity contribution in [2.75, 3.05) is 25.9 Å². The van der Waals surface area contributed by atoms with Crippen LogP contribution in [0.15, 0.2) is 10.5 Å². The number of amides is 4. The van der Waals surface area contributed by atoms with Gasteiger partial charge in [-0.05, 0) is 0 Å². The van der Waals surface area contributed by atoms with Gasteiger partial charge in [0.1, 0.15) is 25.4 Å². The Labute approximate surface area is 144 Å². The molecule has 1 aliphatic heterocycles. The number of imide groups is 1. The Morgan fingerprint density at radius 1 is 1.56 bits per heavy atom. The Bertz CT molecular complexity index is 746. The number of nitrogens with one attached hydrogen (secondary N) is 2. The van der Waals surface area contributed by atoms with E-state index < -0.39 is 36.4 Å². The fourth-order valence-corrected chi connectivity index (χ4v) is 2.43. The first kappa shape index (κ1) is 18.1. The monoisotopic (exact) mass is 370 g/mol. The Balaban J connectivity index is 1.95. The minimum Gasteiger partial charge on any atom is -0.480 e.